The van der Waals surface area contributed by atoms with Crippen LogP contribution >= 0.6 is 0 Å². The van der Waals surface area contributed by atoms with E-state index in [2.05, 4.69) is 5.32 Å². The fourth-order valence-electron chi connectivity index (χ4n) is 2.00. The average Bonchev–Trinajstić information content (AvgIpc) is 2.45. The monoisotopic (exact) mass is 273 g/mol. The van der Waals surface area contributed by atoms with Crippen molar-refractivity contribution in [2.45, 2.75) is 13.5 Å². The van der Waals surface area contributed by atoms with Crippen LogP contribution in [-0.2, 0) is 6.54 Å². The summed E-state index contributed by atoms with van der Waals surface area (Å²) in [7, 11) is 3.18. The van der Waals surface area contributed by atoms with Gasteiger partial charge in [0.15, 0.2) is 11.5 Å². The summed E-state index contributed by atoms with van der Waals surface area (Å²) >= 11 is 0. The molecule has 20 heavy (non-hydrogen) atoms. The van der Waals surface area contributed by atoms with Crippen LogP contribution in [0.2, 0.25) is 0 Å². The first-order valence-corrected chi connectivity index (χ1v) is 6.38. The van der Waals surface area contributed by atoms with Gasteiger partial charge in [-0.3, -0.25) is 0 Å². The largest absolute Gasteiger partial charge is 0.504 e. The van der Waals surface area contributed by atoms with E-state index in [0.717, 1.165) is 22.6 Å². The zero-order chi connectivity index (χ0) is 14.5. The molecular formula is C16H19NO3. The summed E-state index contributed by atoms with van der Waals surface area (Å²) in [5.41, 5.74) is 3.06. The second-order valence-corrected chi connectivity index (χ2v) is 4.56. The molecule has 0 aliphatic heterocycles. The number of hydrogen-bond donors (Lipinski definition) is 2. The van der Waals surface area contributed by atoms with Crippen molar-refractivity contribution in [3.63, 3.8) is 0 Å². The van der Waals surface area contributed by atoms with Gasteiger partial charge in [0.25, 0.3) is 0 Å². The van der Waals surface area contributed by atoms with E-state index in [0.29, 0.717) is 12.3 Å². The summed E-state index contributed by atoms with van der Waals surface area (Å²) in [6.45, 7) is 2.63. The van der Waals surface area contributed by atoms with Gasteiger partial charge in [-0.1, -0.05) is 12.1 Å². The molecule has 2 aromatic rings. The number of rotatable bonds is 5. The lowest BCUT2D eigenvalue weighted by atomic mass is 10.1. The van der Waals surface area contributed by atoms with Gasteiger partial charge in [-0.15, -0.1) is 0 Å². The number of phenols is 1. The van der Waals surface area contributed by atoms with Crippen molar-refractivity contribution in [3.05, 3.63) is 47.5 Å². The van der Waals surface area contributed by atoms with E-state index >= 15 is 0 Å². The SMILES string of the molecule is COc1ccc(CNc2cc(C)ccc2OC)cc1O. The van der Waals surface area contributed by atoms with Crippen LogP contribution < -0.4 is 14.8 Å². The lowest BCUT2D eigenvalue weighted by molar-refractivity contribution is 0.373. The van der Waals surface area contributed by atoms with E-state index in [9.17, 15) is 5.11 Å². The van der Waals surface area contributed by atoms with E-state index in [-0.39, 0.29) is 5.75 Å². The molecule has 0 saturated carbocycles. The summed E-state index contributed by atoms with van der Waals surface area (Å²) in [6, 6.07) is 11.3. The van der Waals surface area contributed by atoms with E-state index < -0.39 is 0 Å². The molecule has 0 atom stereocenters. The maximum absolute atomic E-state index is 9.76. The van der Waals surface area contributed by atoms with Gasteiger partial charge in [-0.2, -0.15) is 0 Å². The Morgan fingerprint density at radius 1 is 1.00 bits per heavy atom. The van der Waals surface area contributed by atoms with Gasteiger partial charge < -0.3 is 19.9 Å². The number of phenolic OH excluding ortho intramolecular Hbond substituents is 1. The third-order valence-electron chi connectivity index (χ3n) is 3.08. The molecule has 4 nitrogen and oxygen atoms in total. The van der Waals surface area contributed by atoms with Gasteiger partial charge in [0.05, 0.1) is 19.9 Å². The smallest absolute Gasteiger partial charge is 0.160 e. The zero-order valence-electron chi connectivity index (χ0n) is 11.9. The Labute approximate surface area is 119 Å². The maximum atomic E-state index is 9.76. The highest BCUT2D eigenvalue weighted by molar-refractivity contribution is 5.58. The Kier molecular flexibility index (Phi) is 4.35. The van der Waals surface area contributed by atoms with Gasteiger partial charge >= 0.3 is 0 Å². The molecule has 0 saturated heterocycles. The van der Waals surface area contributed by atoms with Gasteiger partial charge in [-0.05, 0) is 42.3 Å². The second-order valence-electron chi connectivity index (χ2n) is 4.56. The maximum Gasteiger partial charge on any atom is 0.160 e. The van der Waals surface area contributed by atoms with E-state index in [1.54, 1.807) is 19.2 Å². The van der Waals surface area contributed by atoms with Gasteiger partial charge in [-0.25, -0.2) is 0 Å². The van der Waals surface area contributed by atoms with Crippen LogP contribution in [0.3, 0.4) is 0 Å². The quantitative estimate of drug-likeness (QED) is 0.877. The number of anilines is 1. The first-order chi connectivity index (χ1) is 9.63. The molecule has 106 valence electrons. The summed E-state index contributed by atoms with van der Waals surface area (Å²) < 4.78 is 10.3. The Hall–Kier alpha value is -2.36. The zero-order valence-corrected chi connectivity index (χ0v) is 11.9. The molecule has 0 amide bonds. The number of aromatic hydroxyl groups is 1. The Morgan fingerprint density at radius 2 is 1.70 bits per heavy atom. The molecule has 0 aliphatic carbocycles. The fourth-order valence-corrected chi connectivity index (χ4v) is 2.00. The predicted octanol–water partition coefficient (Wildman–Crippen LogP) is 3.33. The van der Waals surface area contributed by atoms with Crippen LogP contribution in [0.25, 0.3) is 0 Å². The predicted molar refractivity (Wildman–Crippen MR) is 79.7 cm³/mol. The molecule has 0 aromatic heterocycles. The molecule has 2 aromatic carbocycles. The van der Waals surface area contributed by atoms with Crippen molar-refractivity contribution in [2.75, 3.05) is 19.5 Å². The van der Waals surface area contributed by atoms with Crippen molar-refractivity contribution < 1.29 is 14.6 Å². The summed E-state index contributed by atoms with van der Waals surface area (Å²) in [5, 5.41) is 13.1. The summed E-state index contributed by atoms with van der Waals surface area (Å²) in [6.07, 6.45) is 0. The average molecular weight is 273 g/mol. The normalized spacial score (nSPS) is 10.2. The van der Waals surface area contributed by atoms with Crippen LogP contribution in [0.15, 0.2) is 36.4 Å². The van der Waals surface area contributed by atoms with Crippen LogP contribution in [0.5, 0.6) is 17.2 Å². The van der Waals surface area contributed by atoms with Crippen molar-refractivity contribution in [1.82, 2.24) is 0 Å². The first kappa shape index (κ1) is 14.1. The minimum atomic E-state index is 0.142. The Balaban J connectivity index is 2.12. The number of methoxy groups -OCH3 is 2. The standard InChI is InChI=1S/C16H19NO3/c1-11-4-6-15(19-2)13(8-11)17-10-12-5-7-16(20-3)14(18)9-12/h4-9,17-18H,10H2,1-3H3. The third kappa shape index (κ3) is 3.15. The first-order valence-electron chi connectivity index (χ1n) is 6.38. The van der Waals surface area contributed by atoms with Crippen LogP contribution in [0, 0.1) is 6.92 Å². The number of benzene rings is 2. The highest BCUT2D eigenvalue weighted by Crippen LogP contribution is 2.28. The summed E-state index contributed by atoms with van der Waals surface area (Å²) in [4.78, 5) is 0. The number of ether oxygens (including phenoxy) is 2. The molecular weight excluding hydrogens is 254 g/mol. The van der Waals surface area contributed by atoms with Gasteiger partial charge in [0.1, 0.15) is 5.75 Å². The molecule has 2 rings (SSSR count). The van der Waals surface area contributed by atoms with E-state index in [1.165, 1.54) is 7.11 Å². The number of nitrogens with one attached hydrogen (secondary N) is 1. The van der Waals surface area contributed by atoms with Gasteiger partial charge in [0.2, 0.25) is 0 Å². The van der Waals surface area contributed by atoms with Crippen LogP contribution in [0.4, 0.5) is 5.69 Å². The number of hydrogen-bond acceptors (Lipinski definition) is 4. The highest BCUT2D eigenvalue weighted by Gasteiger charge is 2.05. The lowest BCUT2D eigenvalue weighted by Crippen LogP contribution is -2.01. The minimum absolute atomic E-state index is 0.142. The van der Waals surface area contributed by atoms with Crippen molar-refractivity contribution >= 4 is 5.69 Å². The Morgan fingerprint density at radius 3 is 2.35 bits per heavy atom. The van der Waals surface area contributed by atoms with Crippen molar-refractivity contribution in [3.8, 4) is 17.2 Å². The Bertz CT molecular complexity index is 596. The summed E-state index contributed by atoms with van der Waals surface area (Å²) in [5.74, 6) is 1.42. The molecule has 0 radical (unpaired) electrons. The minimum Gasteiger partial charge on any atom is -0.504 e. The molecule has 4 heteroatoms. The van der Waals surface area contributed by atoms with Crippen molar-refractivity contribution in [1.29, 1.82) is 0 Å². The molecule has 2 N–H and O–H groups in total. The highest BCUT2D eigenvalue weighted by atomic mass is 16.5. The van der Waals surface area contributed by atoms with Crippen LogP contribution in [0.1, 0.15) is 11.1 Å². The molecule has 0 bridgehead atoms. The van der Waals surface area contributed by atoms with E-state index in [4.69, 9.17) is 9.47 Å². The fraction of sp³-hybridized carbons (Fsp3) is 0.250. The van der Waals surface area contributed by atoms with Crippen LogP contribution in [-0.4, -0.2) is 19.3 Å². The van der Waals surface area contributed by atoms with Crippen molar-refractivity contribution in [2.24, 2.45) is 0 Å². The number of aryl methyl sites for hydroxylation is 1. The molecule has 0 fully saturated rings. The lowest BCUT2D eigenvalue weighted by Gasteiger charge is -2.12. The molecule has 0 unspecified atom stereocenters. The van der Waals surface area contributed by atoms with Gasteiger partial charge in [0, 0.05) is 6.54 Å². The topological polar surface area (TPSA) is 50.7 Å². The molecule has 0 heterocycles. The second kappa shape index (κ2) is 6.19. The third-order valence-corrected chi connectivity index (χ3v) is 3.08. The molecule has 0 aliphatic rings. The molecule has 0 spiro atoms. The van der Waals surface area contributed by atoms with E-state index in [1.807, 2.05) is 31.2 Å².